The van der Waals surface area contributed by atoms with Crippen LogP contribution in [0.1, 0.15) is 5.56 Å². The van der Waals surface area contributed by atoms with Crippen LogP contribution in [0.2, 0.25) is 0 Å². The fraction of sp³-hybridized carbons (Fsp3) is 0.429. The maximum absolute atomic E-state index is 12.3. The lowest BCUT2D eigenvalue weighted by molar-refractivity contribution is -0.160. The van der Waals surface area contributed by atoms with E-state index in [0.29, 0.717) is 13.2 Å². The Bertz CT molecular complexity index is 446. The molecule has 0 aliphatic carbocycles. The molecule has 102 valence electrons. The summed E-state index contributed by atoms with van der Waals surface area (Å²) in [5.41, 5.74) is 0.933. The van der Waals surface area contributed by atoms with Crippen molar-refractivity contribution in [2.45, 2.75) is 12.5 Å². The molecule has 1 aliphatic heterocycles. The molecule has 1 fully saturated rings. The van der Waals surface area contributed by atoms with Gasteiger partial charge in [0.05, 0.1) is 26.7 Å². The zero-order valence-corrected chi connectivity index (χ0v) is 10.9. The fourth-order valence-corrected chi connectivity index (χ4v) is 2.11. The highest BCUT2D eigenvalue weighted by Crippen LogP contribution is 2.11. The number of rotatable bonds is 3. The summed E-state index contributed by atoms with van der Waals surface area (Å²) >= 11 is 0. The van der Waals surface area contributed by atoms with E-state index in [2.05, 4.69) is 0 Å². The van der Waals surface area contributed by atoms with Crippen LogP contribution < -0.4 is 0 Å². The lowest BCUT2D eigenvalue weighted by atomic mass is 10.1. The van der Waals surface area contributed by atoms with E-state index in [0.717, 1.165) is 5.56 Å². The molecule has 1 heterocycles. The van der Waals surface area contributed by atoms with E-state index in [4.69, 9.17) is 9.47 Å². The van der Waals surface area contributed by atoms with Crippen LogP contribution in [0.25, 0.3) is 0 Å². The van der Waals surface area contributed by atoms with Crippen LogP contribution in [-0.4, -0.2) is 49.7 Å². The Morgan fingerprint density at radius 3 is 2.79 bits per heavy atom. The van der Waals surface area contributed by atoms with Crippen molar-refractivity contribution in [3.05, 3.63) is 35.9 Å². The third kappa shape index (κ3) is 3.32. The molecule has 5 heteroatoms. The van der Waals surface area contributed by atoms with Crippen LogP contribution in [0, 0.1) is 0 Å². The van der Waals surface area contributed by atoms with E-state index < -0.39 is 12.0 Å². The maximum atomic E-state index is 12.3. The van der Waals surface area contributed by atoms with Gasteiger partial charge in [-0.15, -0.1) is 0 Å². The summed E-state index contributed by atoms with van der Waals surface area (Å²) in [7, 11) is 1.32. The monoisotopic (exact) mass is 263 g/mol. The average Bonchev–Trinajstić information content (AvgIpc) is 2.47. The normalized spacial score (nSPS) is 19.0. The van der Waals surface area contributed by atoms with Crippen LogP contribution in [0.4, 0.5) is 0 Å². The van der Waals surface area contributed by atoms with Crippen molar-refractivity contribution >= 4 is 11.9 Å². The number of ether oxygens (including phenoxy) is 2. The highest BCUT2D eigenvalue weighted by atomic mass is 16.5. The zero-order chi connectivity index (χ0) is 13.7. The molecule has 0 saturated carbocycles. The van der Waals surface area contributed by atoms with E-state index >= 15 is 0 Å². The van der Waals surface area contributed by atoms with Crippen LogP contribution >= 0.6 is 0 Å². The second-order valence-corrected chi connectivity index (χ2v) is 4.36. The van der Waals surface area contributed by atoms with E-state index in [1.54, 1.807) is 4.90 Å². The maximum Gasteiger partial charge on any atom is 0.331 e. The first-order valence-corrected chi connectivity index (χ1v) is 6.21. The van der Waals surface area contributed by atoms with E-state index in [1.807, 2.05) is 30.3 Å². The van der Waals surface area contributed by atoms with Gasteiger partial charge in [-0.25, -0.2) is 4.79 Å². The molecule has 1 saturated heterocycles. The van der Waals surface area contributed by atoms with E-state index in [-0.39, 0.29) is 18.9 Å². The minimum absolute atomic E-state index is 0.0788. The Morgan fingerprint density at radius 2 is 2.11 bits per heavy atom. The first kappa shape index (κ1) is 13.5. The third-order valence-corrected chi connectivity index (χ3v) is 3.12. The number of benzene rings is 1. The van der Waals surface area contributed by atoms with Crippen LogP contribution in [0.5, 0.6) is 0 Å². The van der Waals surface area contributed by atoms with E-state index in [1.165, 1.54) is 7.11 Å². The lowest BCUT2D eigenvalue weighted by Crippen LogP contribution is -2.53. The zero-order valence-electron chi connectivity index (χ0n) is 10.9. The molecule has 0 aromatic heterocycles. The molecule has 1 aliphatic rings. The Balaban J connectivity index is 2.05. The standard InChI is InChI=1S/C14H17NO4/c1-18-14(17)12-10-19-8-7-15(12)13(16)9-11-5-3-2-4-6-11/h2-6,12H,7-10H2,1H3. The summed E-state index contributed by atoms with van der Waals surface area (Å²) in [4.78, 5) is 25.4. The van der Waals surface area contributed by atoms with Crippen molar-refractivity contribution in [1.29, 1.82) is 0 Å². The number of methoxy groups -OCH3 is 1. The van der Waals surface area contributed by atoms with Gasteiger partial charge in [0.2, 0.25) is 5.91 Å². The van der Waals surface area contributed by atoms with Gasteiger partial charge in [-0.05, 0) is 5.56 Å². The molecule has 1 unspecified atom stereocenters. The Morgan fingerprint density at radius 1 is 1.37 bits per heavy atom. The number of nitrogens with zero attached hydrogens (tertiary/aromatic N) is 1. The third-order valence-electron chi connectivity index (χ3n) is 3.12. The molecule has 0 bridgehead atoms. The van der Waals surface area contributed by atoms with Crippen molar-refractivity contribution in [1.82, 2.24) is 4.90 Å². The predicted molar refractivity (Wildman–Crippen MR) is 68.5 cm³/mol. The second-order valence-electron chi connectivity index (χ2n) is 4.36. The molecular weight excluding hydrogens is 246 g/mol. The number of morpholine rings is 1. The van der Waals surface area contributed by atoms with E-state index in [9.17, 15) is 9.59 Å². The number of esters is 1. The summed E-state index contributed by atoms with van der Waals surface area (Å²) in [6.45, 7) is 1.08. The van der Waals surface area contributed by atoms with Crippen molar-refractivity contribution in [2.24, 2.45) is 0 Å². The molecule has 1 amide bonds. The van der Waals surface area contributed by atoms with Gasteiger partial charge in [0.25, 0.3) is 0 Å². The highest BCUT2D eigenvalue weighted by molar-refractivity contribution is 5.86. The molecule has 5 nitrogen and oxygen atoms in total. The summed E-state index contributed by atoms with van der Waals surface area (Å²) in [6.07, 6.45) is 0.286. The van der Waals surface area contributed by atoms with Gasteiger partial charge in [0.15, 0.2) is 6.04 Å². The minimum atomic E-state index is -0.630. The number of hydrogen-bond donors (Lipinski definition) is 0. The van der Waals surface area contributed by atoms with Crippen molar-refractivity contribution in [3.63, 3.8) is 0 Å². The quantitative estimate of drug-likeness (QED) is 0.751. The van der Waals surface area contributed by atoms with Gasteiger partial charge in [0, 0.05) is 6.54 Å². The van der Waals surface area contributed by atoms with Crippen LogP contribution in [0.15, 0.2) is 30.3 Å². The van der Waals surface area contributed by atoms with Crippen molar-refractivity contribution in [2.75, 3.05) is 26.9 Å². The summed E-state index contributed by atoms with van der Waals surface area (Å²) < 4.78 is 9.95. The van der Waals surface area contributed by atoms with Gasteiger partial charge in [-0.2, -0.15) is 0 Å². The Hall–Kier alpha value is -1.88. The molecule has 19 heavy (non-hydrogen) atoms. The summed E-state index contributed by atoms with van der Waals surface area (Å²) in [6, 6.07) is 8.84. The Labute approximate surface area is 112 Å². The van der Waals surface area contributed by atoms with Crippen LogP contribution in [-0.2, 0) is 25.5 Å². The predicted octanol–water partition coefficient (Wildman–Crippen LogP) is 0.629. The topological polar surface area (TPSA) is 55.8 Å². The minimum Gasteiger partial charge on any atom is -0.467 e. The number of carbonyl (C=O) groups is 2. The van der Waals surface area contributed by atoms with Gasteiger partial charge in [-0.1, -0.05) is 30.3 Å². The molecule has 1 aromatic rings. The molecular formula is C14H17NO4. The number of hydrogen-bond acceptors (Lipinski definition) is 4. The number of carbonyl (C=O) groups excluding carboxylic acids is 2. The summed E-state index contributed by atoms with van der Waals surface area (Å²) in [5, 5.41) is 0. The largest absolute Gasteiger partial charge is 0.467 e. The van der Waals surface area contributed by atoms with Gasteiger partial charge < -0.3 is 14.4 Å². The fourth-order valence-electron chi connectivity index (χ4n) is 2.11. The van der Waals surface area contributed by atoms with Crippen molar-refractivity contribution < 1.29 is 19.1 Å². The van der Waals surface area contributed by atoms with Gasteiger partial charge >= 0.3 is 5.97 Å². The molecule has 1 atom stereocenters. The first-order valence-electron chi connectivity index (χ1n) is 6.21. The Kier molecular flexibility index (Phi) is 4.52. The van der Waals surface area contributed by atoms with Gasteiger partial charge in [0.1, 0.15) is 0 Å². The van der Waals surface area contributed by atoms with Crippen molar-refractivity contribution in [3.8, 4) is 0 Å². The highest BCUT2D eigenvalue weighted by Gasteiger charge is 2.33. The molecule has 0 N–H and O–H groups in total. The molecule has 2 rings (SSSR count). The first-order chi connectivity index (χ1) is 9.22. The lowest BCUT2D eigenvalue weighted by Gasteiger charge is -2.33. The second kappa shape index (κ2) is 6.33. The smallest absolute Gasteiger partial charge is 0.331 e. The molecule has 0 radical (unpaired) electrons. The van der Waals surface area contributed by atoms with Crippen LogP contribution in [0.3, 0.4) is 0 Å². The summed E-state index contributed by atoms with van der Waals surface area (Å²) in [5.74, 6) is -0.508. The molecule has 1 aromatic carbocycles. The number of amides is 1. The SMILES string of the molecule is COC(=O)C1COCCN1C(=O)Cc1ccccc1. The molecule has 0 spiro atoms. The average molecular weight is 263 g/mol. The van der Waals surface area contributed by atoms with Gasteiger partial charge in [-0.3, -0.25) is 4.79 Å².